The maximum Gasteiger partial charge on any atom is 0.239 e. The number of aliphatic hydroxyl groups excluding tert-OH is 1. The summed E-state index contributed by atoms with van der Waals surface area (Å²) in [6, 6.07) is 8.92. The number of benzene rings is 1. The summed E-state index contributed by atoms with van der Waals surface area (Å²) in [6.07, 6.45) is 2.46. The van der Waals surface area contributed by atoms with Crippen LogP contribution in [0.1, 0.15) is 36.3 Å². The van der Waals surface area contributed by atoms with Crippen LogP contribution in [0.4, 0.5) is 5.82 Å². The zero-order chi connectivity index (χ0) is 21.3. The van der Waals surface area contributed by atoms with E-state index < -0.39 is 0 Å². The maximum atomic E-state index is 12.7. The summed E-state index contributed by atoms with van der Waals surface area (Å²) in [7, 11) is 0. The maximum absolute atomic E-state index is 12.7. The number of hydrogen-bond acceptors (Lipinski definition) is 4. The smallest absolute Gasteiger partial charge is 0.239 e. The number of fused-ring (bicyclic) bond motifs is 3. The molecule has 0 bridgehead atoms. The molecule has 0 spiro atoms. The van der Waals surface area contributed by atoms with E-state index in [0.717, 1.165) is 47.1 Å². The summed E-state index contributed by atoms with van der Waals surface area (Å²) in [4.78, 5) is 22.5. The van der Waals surface area contributed by atoms with Crippen molar-refractivity contribution in [3.63, 3.8) is 0 Å². The van der Waals surface area contributed by atoms with E-state index >= 15 is 0 Å². The number of H-pyrrole nitrogens is 1. The highest BCUT2D eigenvalue weighted by Gasteiger charge is 2.31. The van der Waals surface area contributed by atoms with Crippen molar-refractivity contribution in [2.45, 2.75) is 32.2 Å². The minimum absolute atomic E-state index is 0.0827. The number of nitrogens with zero attached hydrogens (tertiary/aromatic N) is 2. The second-order valence-corrected chi connectivity index (χ2v) is 8.39. The van der Waals surface area contributed by atoms with E-state index in [0.29, 0.717) is 22.4 Å². The molecule has 0 saturated carbocycles. The first-order valence-electron chi connectivity index (χ1n) is 10.1. The number of aromatic nitrogens is 2. The van der Waals surface area contributed by atoms with Gasteiger partial charge in [-0.1, -0.05) is 36.5 Å². The Morgan fingerprint density at radius 2 is 2.17 bits per heavy atom. The van der Waals surface area contributed by atoms with Gasteiger partial charge in [-0.25, -0.2) is 4.98 Å². The normalized spacial score (nSPS) is 16.6. The number of anilines is 1. The standard InChI is InChI=1S/C22H24Cl2N4O2/c1-2-3-18-16(24)5-7-20(25-18)27-21(30)11-28-9-8-14-15-10-13(23)4-6-17(15)26-22(14)19(28)12-29/h4-7,10,19,26,29H,2-3,8-9,11-12H2,1H3,(H,25,27,30). The van der Waals surface area contributed by atoms with Crippen LogP contribution in [0, 0.1) is 0 Å². The quantitative estimate of drug-likeness (QED) is 0.525. The first-order valence-corrected chi connectivity index (χ1v) is 10.9. The number of aliphatic hydroxyl groups is 1. The van der Waals surface area contributed by atoms with Crippen LogP contribution in [0.2, 0.25) is 10.0 Å². The Labute approximate surface area is 185 Å². The molecule has 3 N–H and O–H groups in total. The molecule has 0 saturated heterocycles. The molecule has 0 fully saturated rings. The van der Waals surface area contributed by atoms with E-state index in [4.69, 9.17) is 23.2 Å². The predicted octanol–water partition coefficient (Wildman–Crippen LogP) is 4.35. The van der Waals surface area contributed by atoms with Gasteiger partial charge in [0.2, 0.25) is 5.91 Å². The second-order valence-electron chi connectivity index (χ2n) is 7.55. The fourth-order valence-corrected chi connectivity index (χ4v) is 4.49. The van der Waals surface area contributed by atoms with Crippen molar-refractivity contribution in [3.05, 3.63) is 57.3 Å². The lowest BCUT2D eigenvalue weighted by molar-refractivity contribution is -0.118. The van der Waals surface area contributed by atoms with Crippen LogP contribution in [0.5, 0.6) is 0 Å². The van der Waals surface area contributed by atoms with Gasteiger partial charge in [0.25, 0.3) is 0 Å². The van der Waals surface area contributed by atoms with E-state index in [2.05, 4.69) is 22.2 Å². The van der Waals surface area contributed by atoms with Crippen molar-refractivity contribution in [3.8, 4) is 0 Å². The van der Waals surface area contributed by atoms with E-state index in [1.807, 2.05) is 23.1 Å². The molecule has 0 radical (unpaired) electrons. The van der Waals surface area contributed by atoms with Crippen LogP contribution in [0.25, 0.3) is 10.9 Å². The van der Waals surface area contributed by atoms with Gasteiger partial charge >= 0.3 is 0 Å². The van der Waals surface area contributed by atoms with Gasteiger partial charge < -0.3 is 15.4 Å². The lowest BCUT2D eigenvalue weighted by Crippen LogP contribution is -2.42. The molecule has 3 aromatic rings. The number of aryl methyl sites for hydroxylation is 1. The fraction of sp³-hybridized carbons (Fsp3) is 0.364. The Kier molecular flexibility index (Phi) is 6.29. The lowest BCUT2D eigenvalue weighted by atomic mass is 9.97. The molecule has 30 heavy (non-hydrogen) atoms. The molecule has 8 heteroatoms. The Balaban J connectivity index is 1.50. The largest absolute Gasteiger partial charge is 0.394 e. The third-order valence-electron chi connectivity index (χ3n) is 5.52. The minimum Gasteiger partial charge on any atom is -0.394 e. The Bertz CT molecular complexity index is 1080. The zero-order valence-electron chi connectivity index (χ0n) is 16.7. The highest BCUT2D eigenvalue weighted by atomic mass is 35.5. The Morgan fingerprint density at radius 3 is 2.93 bits per heavy atom. The average molecular weight is 447 g/mol. The van der Waals surface area contributed by atoms with Crippen molar-refractivity contribution in [2.24, 2.45) is 0 Å². The van der Waals surface area contributed by atoms with Crippen LogP contribution in [0.15, 0.2) is 30.3 Å². The number of amides is 1. The summed E-state index contributed by atoms with van der Waals surface area (Å²) >= 11 is 12.3. The van der Waals surface area contributed by atoms with Crippen molar-refractivity contribution in [1.82, 2.24) is 14.9 Å². The van der Waals surface area contributed by atoms with Gasteiger partial charge in [0.1, 0.15) is 5.82 Å². The molecule has 3 heterocycles. The van der Waals surface area contributed by atoms with Crippen molar-refractivity contribution < 1.29 is 9.90 Å². The summed E-state index contributed by atoms with van der Waals surface area (Å²) in [5, 5.41) is 15.3. The molecule has 1 aliphatic rings. The topological polar surface area (TPSA) is 81.2 Å². The number of pyridine rings is 1. The molecule has 2 aromatic heterocycles. The number of halogens is 2. The van der Waals surface area contributed by atoms with Crippen LogP contribution >= 0.6 is 23.2 Å². The second kappa shape index (κ2) is 8.94. The summed E-state index contributed by atoms with van der Waals surface area (Å²) in [6.45, 7) is 2.80. The summed E-state index contributed by atoms with van der Waals surface area (Å²) in [5.74, 6) is 0.319. The van der Waals surface area contributed by atoms with Gasteiger partial charge in [0.05, 0.1) is 29.9 Å². The fourth-order valence-electron chi connectivity index (χ4n) is 4.12. The highest BCUT2D eigenvalue weighted by Crippen LogP contribution is 2.35. The lowest BCUT2D eigenvalue weighted by Gasteiger charge is -2.34. The molecule has 0 aliphatic carbocycles. The van der Waals surface area contributed by atoms with Crippen LogP contribution in [0.3, 0.4) is 0 Å². The first-order chi connectivity index (χ1) is 14.5. The third-order valence-corrected chi connectivity index (χ3v) is 6.10. The molecule has 1 aliphatic heterocycles. The molecular formula is C22H24Cl2N4O2. The SMILES string of the molecule is CCCc1nc(NC(=O)CN2CCc3c([nH]c4ccc(Cl)cc34)C2CO)ccc1Cl. The number of aromatic amines is 1. The van der Waals surface area contributed by atoms with E-state index in [1.54, 1.807) is 12.1 Å². The molecule has 158 valence electrons. The first kappa shape index (κ1) is 21.1. The van der Waals surface area contributed by atoms with Gasteiger partial charge in [0, 0.05) is 28.2 Å². The van der Waals surface area contributed by atoms with E-state index in [1.165, 1.54) is 0 Å². The van der Waals surface area contributed by atoms with Crippen molar-refractivity contribution >= 4 is 45.8 Å². The Morgan fingerprint density at radius 1 is 1.33 bits per heavy atom. The number of nitrogens with one attached hydrogen (secondary N) is 2. The van der Waals surface area contributed by atoms with Crippen LogP contribution in [-0.4, -0.2) is 45.6 Å². The minimum atomic E-state index is -0.278. The molecule has 1 aromatic carbocycles. The van der Waals surface area contributed by atoms with Crippen molar-refractivity contribution in [2.75, 3.05) is 25.0 Å². The van der Waals surface area contributed by atoms with Crippen LogP contribution < -0.4 is 5.32 Å². The van der Waals surface area contributed by atoms with Gasteiger partial charge in [-0.2, -0.15) is 0 Å². The number of hydrogen-bond donors (Lipinski definition) is 3. The number of carbonyl (C=O) groups is 1. The van der Waals surface area contributed by atoms with E-state index in [-0.39, 0.29) is 25.1 Å². The van der Waals surface area contributed by atoms with Gasteiger partial charge in [-0.15, -0.1) is 0 Å². The van der Waals surface area contributed by atoms with Gasteiger partial charge in [-0.05, 0) is 48.7 Å². The molecule has 1 atom stereocenters. The number of carbonyl (C=O) groups excluding carboxylic acids is 1. The summed E-state index contributed by atoms with van der Waals surface area (Å²) in [5.41, 5.74) is 3.88. The van der Waals surface area contributed by atoms with Gasteiger partial charge in [-0.3, -0.25) is 9.69 Å². The molecule has 4 rings (SSSR count). The van der Waals surface area contributed by atoms with Gasteiger partial charge in [0.15, 0.2) is 0 Å². The van der Waals surface area contributed by atoms with Crippen LogP contribution in [-0.2, 0) is 17.6 Å². The third kappa shape index (κ3) is 4.18. The van der Waals surface area contributed by atoms with E-state index in [9.17, 15) is 9.90 Å². The predicted molar refractivity (Wildman–Crippen MR) is 120 cm³/mol. The van der Waals surface area contributed by atoms with Crippen molar-refractivity contribution in [1.29, 1.82) is 0 Å². The Hall–Kier alpha value is -2.12. The molecule has 6 nitrogen and oxygen atoms in total. The molecule has 1 amide bonds. The zero-order valence-corrected chi connectivity index (χ0v) is 18.2. The summed E-state index contributed by atoms with van der Waals surface area (Å²) < 4.78 is 0. The molecule has 1 unspecified atom stereocenters. The monoisotopic (exact) mass is 446 g/mol. The number of rotatable bonds is 6. The average Bonchev–Trinajstić information content (AvgIpc) is 3.08. The highest BCUT2D eigenvalue weighted by molar-refractivity contribution is 6.31. The molecular weight excluding hydrogens is 423 g/mol.